The Morgan fingerprint density at radius 3 is 2.47 bits per heavy atom. The lowest BCUT2D eigenvalue weighted by molar-refractivity contribution is 0.868. The second kappa shape index (κ2) is 4.75. The van der Waals surface area contributed by atoms with Gasteiger partial charge in [-0.2, -0.15) is 0 Å². The average Bonchev–Trinajstić information content (AvgIpc) is 2.44. The van der Waals surface area contributed by atoms with Crippen LogP contribution in [0.3, 0.4) is 0 Å². The van der Waals surface area contributed by atoms with Crippen molar-refractivity contribution in [2.75, 3.05) is 5.73 Å². The summed E-state index contributed by atoms with van der Waals surface area (Å²) in [5, 5.41) is 0. The summed E-state index contributed by atoms with van der Waals surface area (Å²) in [6, 6.07) is 16.0. The molecule has 19 heavy (non-hydrogen) atoms. The van der Waals surface area contributed by atoms with E-state index < -0.39 is 0 Å². The average molecular weight is 248 g/mol. The zero-order valence-electron chi connectivity index (χ0n) is 10.6. The summed E-state index contributed by atoms with van der Waals surface area (Å²) >= 11 is 0. The van der Waals surface area contributed by atoms with E-state index in [9.17, 15) is 0 Å². The number of hydrogen-bond acceptors (Lipinski definition) is 2. The first-order valence-corrected chi connectivity index (χ1v) is 6.34. The van der Waals surface area contributed by atoms with Crippen molar-refractivity contribution in [2.24, 2.45) is 5.73 Å². The van der Waals surface area contributed by atoms with Gasteiger partial charge >= 0.3 is 0 Å². The van der Waals surface area contributed by atoms with Crippen LogP contribution in [0.4, 0.5) is 5.69 Å². The van der Waals surface area contributed by atoms with Crippen LogP contribution in [-0.2, 0) is 0 Å². The van der Waals surface area contributed by atoms with Crippen molar-refractivity contribution in [3.8, 4) is 0 Å². The number of benzene rings is 2. The predicted octanol–water partition coefficient (Wildman–Crippen LogP) is 3.38. The summed E-state index contributed by atoms with van der Waals surface area (Å²) < 4.78 is 0. The van der Waals surface area contributed by atoms with E-state index in [-0.39, 0.29) is 6.04 Å². The van der Waals surface area contributed by atoms with Crippen LogP contribution in [0.5, 0.6) is 0 Å². The number of hydrogen-bond donors (Lipinski definition) is 2. The molecular weight excluding hydrogens is 232 g/mol. The molecule has 2 nitrogen and oxygen atoms in total. The molecule has 1 atom stereocenters. The third-order valence-corrected chi connectivity index (χ3v) is 3.44. The molecule has 2 aromatic carbocycles. The van der Waals surface area contributed by atoms with Gasteiger partial charge in [-0.05, 0) is 28.8 Å². The van der Waals surface area contributed by atoms with Crippen molar-refractivity contribution < 1.29 is 0 Å². The van der Waals surface area contributed by atoms with Crippen LogP contribution >= 0.6 is 0 Å². The van der Waals surface area contributed by atoms with E-state index in [0.717, 1.165) is 28.0 Å². The highest BCUT2D eigenvalue weighted by Crippen LogP contribution is 2.33. The topological polar surface area (TPSA) is 52.0 Å². The molecule has 0 fully saturated rings. The highest BCUT2D eigenvalue weighted by molar-refractivity contribution is 5.76. The monoisotopic (exact) mass is 248 g/mol. The van der Waals surface area contributed by atoms with E-state index in [4.69, 9.17) is 11.5 Å². The summed E-state index contributed by atoms with van der Waals surface area (Å²) in [4.78, 5) is 0. The zero-order valence-corrected chi connectivity index (χ0v) is 10.6. The second-order valence-corrected chi connectivity index (χ2v) is 4.72. The van der Waals surface area contributed by atoms with E-state index in [0.29, 0.717) is 0 Å². The molecule has 2 aromatic rings. The minimum atomic E-state index is -0.122. The van der Waals surface area contributed by atoms with Gasteiger partial charge in [-0.1, -0.05) is 54.6 Å². The molecule has 2 heteroatoms. The molecule has 1 aliphatic rings. The lowest BCUT2D eigenvalue weighted by atomic mass is 9.88. The van der Waals surface area contributed by atoms with Crippen molar-refractivity contribution in [3.63, 3.8) is 0 Å². The van der Waals surface area contributed by atoms with Gasteiger partial charge in [-0.3, -0.25) is 0 Å². The van der Waals surface area contributed by atoms with Crippen molar-refractivity contribution in [2.45, 2.75) is 6.04 Å². The van der Waals surface area contributed by atoms with E-state index in [1.165, 1.54) is 0 Å². The molecule has 94 valence electrons. The molecule has 0 aromatic heterocycles. The first-order chi connectivity index (χ1) is 9.25. The molecule has 0 spiro atoms. The Bertz CT molecular complexity index is 654. The SMILES string of the molecule is Nc1cccc2c1C=CC(=Cc1ccccc1)C2N. The number of rotatable bonds is 1. The Hall–Kier alpha value is -2.32. The predicted molar refractivity (Wildman–Crippen MR) is 81.2 cm³/mol. The zero-order chi connectivity index (χ0) is 13.2. The summed E-state index contributed by atoms with van der Waals surface area (Å²) in [5.41, 5.74) is 17.5. The van der Waals surface area contributed by atoms with Gasteiger partial charge in [0.25, 0.3) is 0 Å². The fraction of sp³-hybridized carbons (Fsp3) is 0.0588. The molecule has 0 heterocycles. The molecule has 4 N–H and O–H groups in total. The van der Waals surface area contributed by atoms with Crippen LogP contribution in [-0.4, -0.2) is 0 Å². The van der Waals surface area contributed by atoms with E-state index in [1.807, 2.05) is 42.5 Å². The fourth-order valence-electron chi connectivity index (χ4n) is 2.41. The van der Waals surface area contributed by atoms with Crippen LogP contribution < -0.4 is 11.5 Å². The van der Waals surface area contributed by atoms with Gasteiger partial charge in [0.2, 0.25) is 0 Å². The third kappa shape index (κ3) is 2.18. The second-order valence-electron chi connectivity index (χ2n) is 4.72. The molecule has 3 rings (SSSR count). The number of fused-ring (bicyclic) bond motifs is 1. The van der Waals surface area contributed by atoms with Crippen LogP contribution in [0.25, 0.3) is 12.2 Å². The Kier molecular flexibility index (Phi) is 2.94. The van der Waals surface area contributed by atoms with Gasteiger partial charge < -0.3 is 11.5 Å². The molecule has 0 aliphatic heterocycles. The molecule has 0 amide bonds. The Morgan fingerprint density at radius 2 is 1.68 bits per heavy atom. The summed E-state index contributed by atoms with van der Waals surface area (Å²) in [6.45, 7) is 0. The molecule has 1 unspecified atom stereocenters. The van der Waals surface area contributed by atoms with Gasteiger partial charge in [0.05, 0.1) is 6.04 Å². The smallest absolute Gasteiger partial charge is 0.0558 e. The maximum atomic E-state index is 6.33. The van der Waals surface area contributed by atoms with Crippen molar-refractivity contribution >= 4 is 17.8 Å². The number of nitrogen functional groups attached to an aromatic ring is 1. The van der Waals surface area contributed by atoms with E-state index >= 15 is 0 Å². The van der Waals surface area contributed by atoms with Gasteiger partial charge in [-0.15, -0.1) is 0 Å². The summed E-state index contributed by atoms with van der Waals surface area (Å²) in [6.07, 6.45) is 6.21. The highest BCUT2D eigenvalue weighted by atomic mass is 14.7. The Morgan fingerprint density at radius 1 is 0.895 bits per heavy atom. The first kappa shape index (κ1) is 11.8. The van der Waals surface area contributed by atoms with Gasteiger partial charge in [0.15, 0.2) is 0 Å². The largest absolute Gasteiger partial charge is 0.398 e. The molecule has 0 radical (unpaired) electrons. The molecular formula is C17H16N2. The Balaban J connectivity index is 2.03. The normalized spacial score (nSPS) is 19.4. The molecule has 1 aliphatic carbocycles. The summed E-state index contributed by atoms with van der Waals surface area (Å²) in [7, 11) is 0. The minimum absolute atomic E-state index is 0.122. The quantitative estimate of drug-likeness (QED) is 0.760. The molecule has 0 saturated carbocycles. The summed E-state index contributed by atoms with van der Waals surface area (Å²) in [5.74, 6) is 0. The first-order valence-electron chi connectivity index (χ1n) is 6.34. The van der Waals surface area contributed by atoms with E-state index in [2.05, 4.69) is 24.3 Å². The number of anilines is 1. The van der Waals surface area contributed by atoms with Crippen molar-refractivity contribution in [1.29, 1.82) is 0 Å². The van der Waals surface area contributed by atoms with Gasteiger partial charge in [0.1, 0.15) is 0 Å². The lowest BCUT2D eigenvalue weighted by Crippen LogP contribution is -2.16. The molecule has 0 saturated heterocycles. The Labute approximate surface area is 113 Å². The van der Waals surface area contributed by atoms with Crippen molar-refractivity contribution in [3.05, 3.63) is 76.9 Å². The van der Waals surface area contributed by atoms with Crippen LogP contribution in [0.2, 0.25) is 0 Å². The fourth-order valence-corrected chi connectivity index (χ4v) is 2.41. The van der Waals surface area contributed by atoms with Crippen LogP contribution in [0.15, 0.2) is 60.2 Å². The lowest BCUT2D eigenvalue weighted by Gasteiger charge is -2.22. The maximum Gasteiger partial charge on any atom is 0.0558 e. The third-order valence-electron chi connectivity index (χ3n) is 3.44. The standard InChI is InChI=1S/C17H16N2/c18-16-8-4-7-15-14(16)10-9-13(17(15)19)11-12-5-2-1-3-6-12/h1-11,17H,18-19H2. The van der Waals surface area contributed by atoms with Crippen molar-refractivity contribution in [1.82, 2.24) is 0 Å². The van der Waals surface area contributed by atoms with Gasteiger partial charge in [-0.25, -0.2) is 0 Å². The highest BCUT2D eigenvalue weighted by Gasteiger charge is 2.18. The maximum absolute atomic E-state index is 6.33. The molecule has 0 bridgehead atoms. The van der Waals surface area contributed by atoms with E-state index in [1.54, 1.807) is 0 Å². The minimum Gasteiger partial charge on any atom is -0.398 e. The van der Waals surface area contributed by atoms with Gasteiger partial charge in [0, 0.05) is 11.3 Å². The van der Waals surface area contributed by atoms with Crippen LogP contribution in [0.1, 0.15) is 22.7 Å². The van der Waals surface area contributed by atoms with Crippen LogP contribution in [0, 0.1) is 0 Å². The number of nitrogens with two attached hydrogens (primary N) is 2.